The Morgan fingerprint density at radius 3 is 2.52 bits per heavy atom. The molecule has 0 saturated carbocycles. The molecule has 1 aromatic rings. The predicted molar refractivity (Wildman–Crippen MR) is 96.8 cm³/mol. The molecule has 2 fully saturated rings. The van der Waals surface area contributed by atoms with Crippen molar-refractivity contribution in [3.05, 3.63) is 24.3 Å². The monoisotopic (exact) mass is 345 g/mol. The van der Waals surface area contributed by atoms with Gasteiger partial charge in [0.2, 0.25) is 5.91 Å². The normalized spacial score (nSPS) is 24.0. The van der Waals surface area contributed by atoms with E-state index in [1.807, 2.05) is 29.2 Å². The lowest BCUT2D eigenvalue weighted by Crippen LogP contribution is -2.47. The SMILES string of the molecule is COc1ccccc1N1CCN(CC(=O)N2CC(C)CC(C)C2)C1=O. The number of carbonyl (C=O) groups excluding carboxylic acids is 2. The molecular formula is C19H27N3O3. The Kier molecular flexibility index (Phi) is 5.16. The first-order valence-corrected chi connectivity index (χ1v) is 8.96. The zero-order chi connectivity index (χ0) is 18.0. The Balaban J connectivity index is 1.65. The molecule has 2 heterocycles. The number of para-hydroxylation sites is 2. The number of amides is 3. The molecule has 2 unspecified atom stereocenters. The Labute approximate surface area is 149 Å². The molecule has 0 radical (unpaired) electrons. The molecule has 25 heavy (non-hydrogen) atoms. The number of anilines is 1. The molecule has 2 atom stereocenters. The number of nitrogens with zero attached hydrogens (tertiary/aromatic N) is 3. The van der Waals surface area contributed by atoms with Crippen LogP contribution in [0.1, 0.15) is 20.3 Å². The van der Waals surface area contributed by atoms with Gasteiger partial charge in [0.25, 0.3) is 0 Å². The summed E-state index contributed by atoms with van der Waals surface area (Å²) in [5, 5.41) is 0. The number of rotatable bonds is 4. The van der Waals surface area contributed by atoms with E-state index in [2.05, 4.69) is 13.8 Å². The fourth-order valence-corrected chi connectivity index (χ4v) is 3.94. The van der Waals surface area contributed by atoms with Gasteiger partial charge in [-0.25, -0.2) is 4.79 Å². The summed E-state index contributed by atoms with van der Waals surface area (Å²) in [5.41, 5.74) is 0.755. The van der Waals surface area contributed by atoms with E-state index in [0.29, 0.717) is 30.7 Å². The Hall–Kier alpha value is -2.24. The van der Waals surface area contributed by atoms with Crippen LogP contribution in [0.2, 0.25) is 0 Å². The van der Waals surface area contributed by atoms with Crippen LogP contribution >= 0.6 is 0 Å². The van der Waals surface area contributed by atoms with Gasteiger partial charge in [-0.2, -0.15) is 0 Å². The average molecular weight is 345 g/mol. The molecule has 3 amide bonds. The Morgan fingerprint density at radius 1 is 1.16 bits per heavy atom. The van der Waals surface area contributed by atoms with Crippen LogP contribution in [0.3, 0.4) is 0 Å². The molecule has 6 nitrogen and oxygen atoms in total. The maximum atomic E-state index is 12.7. The second kappa shape index (κ2) is 7.33. The highest BCUT2D eigenvalue weighted by molar-refractivity contribution is 5.97. The number of piperidine rings is 1. The van der Waals surface area contributed by atoms with Crippen LogP contribution in [0.15, 0.2) is 24.3 Å². The number of benzene rings is 1. The van der Waals surface area contributed by atoms with E-state index in [-0.39, 0.29) is 18.5 Å². The summed E-state index contributed by atoms with van der Waals surface area (Å²) < 4.78 is 5.35. The van der Waals surface area contributed by atoms with Gasteiger partial charge in [0.05, 0.1) is 12.8 Å². The van der Waals surface area contributed by atoms with Crippen molar-refractivity contribution in [2.24, 2.45) is 11.8 Å². The van der Waals surface area contributed by atoms with Gasteiger partial charge < -0.3 is 14.5 Å². The first-order valence-electron chi connectivity index (χ1n) is 8.96. The van der Waals surface area contributed by atoms with E-state index in [0.717, 1.165) is 25.2 Å². The van der Waals surface area contributed by atoms with Gasteiger partial charge in [0.15, 0.2) is 0 Å². The molecule has 2 aliphatic rings. The van der Waals surface area contributed by atoms with E-state index in [1.54, 1.807) is 16.9 Å². The Bertz CT molecular complexity index is 639. The lowest BCUT2D eigenvalue weighted by Gasteiger charge is -2.35. The van der Waals surface area contributed by atoms with Gasteiger partial charge in [-0.05, 0) is 30.4 Å². The van der Waals surface area contributed by atoms with Gasteiger partial charge in [0, 0.05) is 26.2 Å². The minimum absolute atomic E-state index is 0.0497. The standard InChI is InChI=1S/C19H27N3O3/c1-14-10-15(2)12-21(11-14)18(23)13-20-8-9-22(19(20)24)16-6-4-5-7-17(16)25-3/h4-7,14-15H,8-13H2,1-3H3. The van der Waals surface area contributed by atoms with Gasteiger partial charge in [-0.3, -0.25) is 9.69 Å². The van der Waals surface area contributed by atoms with Crippen molar-refractivity contribution in [1.29, 1.82) is 0 Å². The van der Waals surface area contributed by atoms with E-state index in [4.69, 9.17) is 4.74 Å². The molecule has 0 spiro atoms. The number of hydrogen-bond acceptors (Lipinski definition) is 3. The molecule has 136 valence electrons. The maximum absolute atomic E-state index is 12.7. The van der Waals surface area contributed by atoms with Crippen LogP contribution in [0.4, 0.5) is 10.5 Å². The third kappa shape index (κ3) is 3.72. The number of urea groups is 1. The first kappa shape index (κ1) is 17.6. The molecule has 6 heteroatoms. The van der Waals surface area contributed by atoms with Crippen molar-refractivity contribution in [2.75, 3.05) is 44.7 Å². The minimum Gasteiger partial charge on any atom is -0.495 e. The minimum atomic E-state index is -0.129. The zero-order valence-electron chi connectivity index (χ0n) is 15.3. The van der Waals surface area contributed by atoms with Crippen molar-refractivity contribution in [2.45, 2.75) is 20.3 Å². The van der Waals surface area contributed by atoms with Crippen LogP contribution in [0, 0.1) is 11.8 Å². The predicted octanol–water partition coefficient (Wildman–Crippen LogP) is 2.44. The average Bonchev–Trinajstić information content (AvgIpc) is 2.94. The number of methoxy groups -OCH3 is 1. The maximum Gasteiger partial charge on any atom is 0.325 e. The van der Waals surface area contributed by atoms with Crippen molar-refractivity contribution >= 4 is 17.6 Å². The summed E-state index contributed by atoms with van der Waals surface area (Å²) >= 11 is 0. The van der Waals surface area contributed by atoms with E-state index in [9.17, 15) is 9.59 Å². The molecule has 0 bridgehead atoms. The summed E-state index contributed by atoms with van der Waals surface area (Å²) in [6.07, 6.45) is 1.16. The zero-order valence-corrected chi connectivity index (χ0v) is 15.3. The van der Waals surface area contributed by atoms with Gasteiger partial charge >= 0.3 is 6.03 Å². The number of carbonyl (C=O) groups is 2. The molecule has 0 N–H and O–H groups in total. The number of likely N-dealkylation sites (tertiary alicyclic amines) is 1. The molecular weight excluding hydrogens is 318 g/mol. The fourth-order valence-electron chi connectivity index (χ4n) is 3.94. The molecule has 0 aliphatic carbocycles. The third-order valence-corrected chi connectivity index (χ3v) is 5.02. The summed E-state index contributed by atoms with van der Waals surface area (Å²) in [7, 11) is 1.60. The Morgan fingerprint density at radius 2 is 1.84 bits per heavy atom. The van der Waals surface area contributed by atoms with Crippen LogP contribution in [0.5, 0.6) is 5.75 Å². The quantitative estimate of drug-likeness (QED) is 0.842. The van der Waals surface area contributed by atoms with Crippen molar-refractivity contribution in [1.82, 2.24) is 9.80 Å². The van der Waals surface area contributed by atoms with Gasteiger partial charge in [-0.1, -0.05) is 26.0 Å². The van der Waals surface area contributed by atoms with E-state index < -0.39 is 0 Å². The van der Waals surface area contributed by atoms with Crippen molar-refractivity contribution in [3.63, 3.8) is 0 Å². The highest BCUT2D eigenvalue weighted by atomic mass is 16.5. The van der Waals surface area contributed by atoms with Crippen LogP contribution in [0.25, 0.3) is 0 Å². The van der Waals surface area contributed by atoms with E-state index >= 15 is 0 Å². The third-order valence-electron chi connectivity index (χ3n) is 5.02. The van der Waals surface area contributed by atoms with Crippen LogP contribution in [-0.4, -0.2) is 61.6 Å². The molecule has 1 aromatic carbocycles. The largest absolute Gasteiger partial charge is 0.495 e. The van der Waals surface area contributed by atoms with Gasteiger partial charge in [-0.15, -0.1) is 0 Å². The number of ether oxygens (including phenoxy) is 1. The van der Waals surface area contributed by atoms with Crippen LogP contribution in [-0.2, 0) is 4.79 Å². The lowest BCUT2D eigenvalue weighted by molar-refractivity contribution is -0.134. The summed E-state index contributed by atoms with van der Waals surface area (Å²) in [6.45, 7) is 7.23. The molecule has 2 saturated heterocycles. The summed E-state index contributed by atoms with van der Waals surface area (Å²) in [6, 6.07) is 7.34. The molecule has 3 rings (SSSR count). The highest BCUT2D eigenvalue weighted by Gasteiger charge is 2.34. The van der Waals surface area contributed by atoms with Crippen molar-refractivity contribution < 1.29 is 14.3 Å². The summed E-state index contributed by atoms with van der Waals surface area (Å²) in [4.78, 5) is 30.6. The second-order valence-corrected chi connectivity index (χ2v) is 7.27. The fraction of sp³-hybridized carbons (Fsp3) is 0.579. The van der Waals surface area contributed by atoms with E-state index in [1.165, 1.54) is 0 Å². The summed E-state index contributed by atoms with van der Waals surface area (Å²) in [5.74, 6) is 1.76. The van der Waals surface area contributed by atoms with Crippen molar-refractivity contribution in [3.8, 4) is 5.75 Å². The second-order valence-electron chi connectivity index (χ2n) is 7.27. The number of hydrogen-bond donors (Lipinski definition) is 0. The highest BCUT2D eigenvalue weighted by Crippen LogP contribution is 2.30. The van der Waals surface area contributed by atoms with Gasteiger partial charge in [0.1, 0.15) is 12.3 Å². The smallest absolute Gasteiger partial charge is 0.325 e. The lowest BCUT2D eigenvalue weighted by atomic mass is 9.92. The van der Waals surface area contributed by atoms with Crippen LogP contribution < -0.4 is 9.64 Å². The molecule has 2 aliphatic heterocycles. The first-order chi connectivity index (χ1) is 12.0. The topological polar surface area (TPSA) is 53.1 Å². The molecule has 0 aromatic heterocycles.